The van der Waals surface area contributed by atoms with Crippen molar-refractivity contribution in [3.8, 4) is 0 Å². The topological polar surface area (TPSA) is 60.8 Å². The van der Waals surface area contributed by atoms with Crippen LogP contribution in [0, 0.1) is 0 Å². The van der Waals surface area contributed by atoms with Crippen molar-refractivity contribution < 1.29 is 15.1 Å². The average Bonchev–Trinajstić information content (AvgIpc) is 2.30. The molecule has 0 radical (unpaired) electrons. The monoisotopic (exact) mass is 253 g/mol. The molecular formula is C12H15NO3S. The third-order valence-electron chi connectivity index (χ3n) is 2.22. The van der Waals surface area contributed by atoms with Crippen molar-refractivity contribution in [2.45, 2.75) is 6.04 Å². The van der Waals surface area contributed by atoms with E-state index in [9.17, 15) is 10.0 Å². The summed E-state index contributed by atoms with van der Waals surface area (Å²) in [6, 6.07) is 8.58. The molecular weight excluding hydrogens is 238 g/mol. The lowest BCUT2D eigenvalue weighted by molar-refractivity contribution is -0.163. The van der Waals surface area contributed by atoms with Crippen LogP contribution < -0.4 is 0 Å². The van der Waals surface area contributed by atoms with Crippen LogP contribution >= 0.6 is 12.6 Å². The molecule has 0 aliphatic heterocycles. The second kappa shape index (κ2) is 7.11. The maximum absolute atomic E-state index is 10.7. The summed E-state index contributed by atoms with van der Waals surface area (Å²) < 4.78 is 0. The summed E-state index contributed by atoms with van der Waals surface area (Å²) in [7, 11) is 0. The minimum Gasteiger partial charge on any atom is -0.480 e. The second-order valence-corrected chi connectivity index (χ2v) is 3.84. The number of hydrogen-bond acceptors (Lipinski definition) is 4. The maximum atomic E-state index is 10.7. The molecule has 0 unspecified atom stereocenters. The Labute approximate surface area is 106 Å². The predicted molar refractivity (Wildman–Crippen MR) is 69.2 cm³/mol. The van der Waals surface area contributed by atoms with Gasteiger partial charge in [0.15, 0.2) is 0 Å². The van der Waals surface area contributed by atoms with Gasteiger partial charge in [0.2, 0.25) is 0 Å². The first kappa shape index (κ1) is 13.8. The summed E-state index contributed by atoms with van der Waals surface area (Å²) in [6.07, 6.45) is 3.52. The molecule has 1 rings (SSSR count). The summed E-state index contributed by atoms with van der Waals surface area (Å²) in [5, 5.41) is 19.1. The fraction of sp³-hybridized carbons (Fsp3) is 0.250. The zero-order chi connectivity index (χ0) is 12.7. The van der Waals surface area contributed by atoms with Gasteiger partial charge in [-0.25, -0.2) is 0 Å². The van der Waals surface area contributed by atoms with E-state index in [2.05, 4.69) is 12.6 Å². The summed E-state index contributed by atoms with van der Waals surface area (Å²) in [4.78, 5) is 10.7. The molecule has 1 atom stereocenters. The second-order valence-electron chi connectivity index (χ2n) is 3.47. The molecule has 1 aromatic carbocycles. The molecule has 0 fully saturated rings. The largest absolute Gasteiger partial charge is 0.480 e. The van der Waals surface area contributed by atoms with Crippen molar-refractivity contribution >= 4 is 24.7 Å². The number of carboxylic acid groups (broad SMARTS) is 1. The van der Waals surface area contributed by atoms with Crippen LogP contribution in [-0.2, 0) is 4.79 Å². The molecule has 0 saturated heterocycles. The number of carbonyl (C=O) groups is 1. The van der Waals surface area contributed by atoms with Crippen LogP contribution in [-0.4, -0.2) is 39.7 Å². The number of nitrogens with zero attached hydrogens (tertiary/aromatic N) is 1. The highest BCUT2D eigenvalue weighted by Crippen LogP contribution is 2.03. The van der Waals surface area contributed by atoms with Crippen molar-refractivity contribution in [2.24, 2.45) is 0 Å². The number of hydroxylamine groups is 2. The van der Waals surface area contributed by atoms with Gasteiger partial charge >= 0.3 is 5.97 Å². The molecule has 0 heterocycles. The zero-order valence-corrected chi connectivity index (χ0v) is 10.1. The molecule has 17 heavy (non-hydrogen) atoms. The van der Waals surface area contributed by atoms with Gasteiger partial charge in [0.25, 0.3) is 0 Å². The molecule has 92 valence electrons. The van der Waals surface area contributed by atoms with Gasteiger partial charge in [0, 0.05) is 12.3 Å². The highest BCUT2D eigenvalue weighted by molar-refractivity contribution is 7.80. The zero-order valence-electron chi connectivity index (χ0n) is 9.23. The minimum absolute atomic E-state index is 0.0605. The van der Waals surface area contributed by atoms with Crippen molar-refractivity contribution in [2.75, 3.05) is 12.3 Å². The highest BCUT2D eigenvalue weighted by atomic mass is 32.1. The Morgan fingerprint density at radius 2 is 2.06 bits per heavy atom. The van der Waals surface area contributed by atoms with E-state index < -0.39 is 12.0 Å². The Balaban J connectivity index is 2.50. The summed E-state index contributed by atoms with van der Waals surface area (Å²) in [6.45, 7) is 0.145. The lowest BCUT2D eigenvalue weighted by atomic mass is 10.2. The van der Waals surface area contributed by atoms with E-state index in [0.717, 1.165) is 10.6 Å². The van der Waals surface area contributed by atoms with Crippen LogP contribution in [0.15, 0.2) is 36.4 Å². The SMILES string of the molecule is O=C(O)[C@H](CS)N(O)CC=Cc1ccccc1. The number of hydrogen-bond donors (Lipinski definition) is 3. The highest BCUT2D eigenvalue weighted by Gasteiger charge is 2.21. The van der Waals surface area contributed by atoms with Gasteiger partial charge in [-0.2, -0.15) is 17.7 Å². The molecule has 4 nitrogen and oxygen atoms in total. The van der Waals surface area contributed by atoms with E-state index >= 15 is 0 Å². The molecule has 1 aromatic rings. The van der Waals surface area contributed by atoms with E-state index in [-0.39, 0.29) is 12.3 Å². The maximum Gasteiger partial charge on any atom is 0.324 e. The van der Waals surface area contributed by atoms with Crippen molar-refractivity contribution in [1.29, 1.82) is 0 Å². The first-order valence-corrected chi connectivity index (χ1v) is 5.79. The Morgan fingerprint density at radius 3 is 2.59 bits per heavy atom. The first-order valence-electron chi connectivity index (χ1n) is 5.16. The van der Waals surface area contributed by atoms with Crippen molar-refractivity contribution in [3.05, 3.63) is 42.0 Å². The predicted octanol–water partition coefficient (Wildman–Crippen LogP) is 1.77. The molecule has 5 heteroatoms. The summed E-state index contributed by atoms with van der Waals surface area (Å²) >= 11 is 3.88. The molecule has 0 aromatic heterocycles. The van der Waals surface area contributed by atoms with Crippen molar-refractivity contribution in [3.63, 3.8) is 0 Å². The van der Waals surface area contributed by atoms with Crippen molar-refractivity contribution in [1.82, 2.24) is 5.06 Å². The van der Waals surface area contributed by atoms with Crippen LogP contribution in [0.4, 0.5) is 0 Å². The van der Waals surface area contributed by atoms with Crippen LogP contribution in [0.1, 0.15) is 5.56 Å². The van der Waals surface area contributed by atoms with E-state index in [4.69, 9.17) is 5.11 Å². The number of rotatable bonds is 6. The fourth-order valence-corrected chi connectivity index (χ4v) is 1.63. The smallest absolute Gasteiger partial charge is 0.324 e. The van der Waals surface area contributed by atoms with Crippen LogP contribution in [0.3, 0.4) is 0 Å². The number of aliphatic carboxylic acids is 1. The number of carboxylic acids is 1. The van der Waals surface area contributed by atoms with E-state index in [0.29, 0.717) is 0 Å². The number of thiol groups is 1. The Morgan fingerprint density at radius 1 is 1.41 bits per heavy atom. The van der Waals surface area contributed by atoms with Gasteiger partial charge in [0.05, 0.1) is 0 Å². The average molecular weight is 253 g/mol. The number of benzene rings is 1. The van der Waals surface area contributed by atoms with E-state index in [1.54, 1.807) is 6.08 Å². The minimum atomic E-state index is -1.09. The van der Waals surface area contributed by atoms with Gasteiger partial charge in [-0.05, 0) is 5.56 Å². The standard InChI is InChI=1S/C12H15NO3S/c14-12(15)11(9-17)13(16)8-4-7-10-5-2-1-3-6-10/h1-7,11,16-17H,8-9H2,(H,14,15)/t11-/m0/s1. The Bertz CT molecular complexity index is 381. The molecule has 0 amide bonds. The third-order valence-corrected chi connectivity index (χ3v) is 2.57. The van der Waals surface area contributed by atoms with Gasteiger partial charge in [-0.15, -0.1) is 0 Å². The molecule has 2 N–H and O–H groups in total. The molecule has 0 aliphatic carbocycles. The quantitative estimate of drug-likeness (QED) is 0.534. The fourth-order valence-electron chi connectivity index (χ4n) is 1.29. The van der Waals surface area contributed by atoms with Crippen LogP contribution in [0.25, 0.3) is 6.08 Å². The van der Waals surface area contributed by atoms with Gasteiger partial charge in [-0.1, -0.05) is 42.5 Å². The molecule has 0 bridgehead atoms. The normalized spacial score (nSPS) is 13.1. The Kier molecular flexibility index (Phi) is 5.76. The third kappa shape index (κ3) is 4.60. The molecule has 0 spiro atoms. The Hall–Kier alpha value is -1.30. The molecule has 0 saturated carbocycles. The summed E-state index contributed by atoms with van der Waals surface area (Å²) in [5.74, 6) is -1.03. The lowest BCUT2D eigenvalue weighted by Crippen LogP contribution is -2.40. The lowest BCUT2D eigenvalue weighted by Gasteiger charge is -2.18. The van der Waals surface area contributed by atoms with Gasteiger partial charge in [-0.3, -0.25) is 4.79 Å². The van der Waals surface area contributed by atoms with Gasteiger partial charge in [0.1, 0.15) is 6.04 Å². The molecule has 0 aliphatic rings. The van der Waals surface area contributed by atoms with E-state index in [1.807, 2.05) is 36.4 Å². The first-order chi connectivity index (χ1) is 8.15. The van der Waals surface area contributed by atoms with E-state index in [1.165, 1.54) is 0 Å². The van der Waals surface area contributed by atoms with Gasteiger partial charge < -0.3 is 10.3 Å². The van der Waals surface area contributed by atoms with Crippen LogP contribution in [0.5, 0.6) is 0 Å². The van der Waals surface area contributed by atoms with Crippen LogP contribution in [0.2, 0.25) is 0 Å². The summed E-state index contributed by atoms with van der Waals surface area (Å²) in [5.41, 5.74) is 0.999.